The molecule has 0 spiro atoms. The SMILES string of the molecule is CCC(CC)C(CNCc1cc(O)cc(F)c1)N(C)C. The molecular formula is C16H27FN2O. The van der Waals surface area contributed by atoms with Gasteiger partial charge in [0, 0.05) is 25.2 Å². The number of phenols is 1. The first-order chi connectivity index (χ1) is 9.47. The van der Waals surface area contributed by atoms with Gasteiger partial charge in [0.2, 0.25) is 0 Å². The fourth-order valence-electron chi connectivity index (χ4n) is 2.70. The summed E-state index contributed by atoms with van der Waals surface area (Å²) in [5, 5.41) is 12.7. The van der Waals surface area contributed by atoms with Crippen LogP contribution in [0.5, 0.6) is 5.75 Å². The fraction of sp³-hybridized carbons (Fsp3) is 0.625. The number of nitrogens with zero attached hydrogens (tertiary/aromatic N) is 1. The predicted molar refractivity (Wildman–Crippen MR) is 81.3 cm³/mol. The van der Waals surface area contributed by atoms with E-state index in [0.717, 1.165) is 31.0 Å². The summed E-state index contributed by atoms with van der Waals surface area (Å²) in [5.41, 5.74) is 0.768. The molecule has 1 aromatic rings. The standard InChI is InChI=1S/C16H27FN2O/c1-5-13(6-2)16(19(3)4)11-18-10-12-7-14(17)9-15(20)8-12/h7-9,13,16,18,20H,5-6,10-11H2,1-4H3. The molecule has 20 heavy (non-hydrogen) atoms. The molecule has 114 valence electrons. The van der Waals surface area contributed by atoms with E-state index in [2.05, 4.69) is 38.2 Å². The van der Waals surface area contributed by atoms with Gasteiger partial charge < -0.3 is 15.3 Å². The van der Waals surface area contributed by atoms with E-state index in [-0.39, 0.29) is 5.75 Å². The molecule has 1 atom stereocenters. The van der Waals surface area contributed by atoms with Crippen molar-refractivity contribution in [3.05, 3.63) is 29.6 Å². The number of halogens is 1. The number of aromatic hydroxyl groups is 1. The highest BCUT2D eigenvalue weighted by atomic mass is 19.1. The molecule has 1 aromatic carbocycles. The molecule has 1 unspecified atom stereocenters. The van der Waals surface area contributed by atoms with E-state index in [1.54, 1.807) is 6.07 Å². The summed E-state index contributed by atoms with van der Waals surface area (Å²) < 4.78 is 13.2. The molecule has 0 aliphatic heterocycles. The van der Waals surface area contributed by atoms with Gasteiger partial charge in [0.25, 0.3) is 0 Å². The highest BCUT2D eigenvalue weighted by Crippen LogP contribution is 2.17. The Morgan fingerprint density at radius 3 is 2.35 bits per heavy atom. The molecule has 0 bridgehead atoms. The Hall–Kier alpha value is -1.13. The van der Waals surface area contributed by atoms with Crippen molar-refractivity contribution in [2.45, 2.75) is 39.3 Å². The van der Waals surface area contributed by atoms with Crippen LogP contribution in [0.25, 0.3) is 0 Å². The second-order valence-corrected chi connectivity index (χ2v) is 5.56. The molecule has 0 saturated heterocycles. The molecule has 0 aliphatic carbocycles. The Bertz CT molecular complexity index is 385. The monoisotopic (exact) mass is 282 g/mol. The van der Waals surface area contributed by atoms with E-state index in [1.165, 1.54) is 6.07 Å². The highest BCUT2D eigenvalue weighted by Gasteiger charge is 2.19. The van der Waals surface area contributed by atoms with Gasteiger partial charge in [-0.3, -0.25) is 0 Å². The Morgan fingerprint density at radius 1 is 1.20 bits per heavy atom. The maximum atomic E-state index is 13.2. The Kier molecular flexibility index (Phi) is 6.96. The number of rotatable bonds is 8. The van der Waals surface area contributed by atoms with Crippen molar-refractivity contribution in [1.29, 1.82) is 0 Å². The normalized spacial score (nSPS) is 13.2. The first-order valence-electron chi connectivity index (χ1n) is 7.33. The zero-order valence-corrected chi connectivity index (χ0v) is 13.0. The molecule has 1 rings (SSSR count). The molecule has 3 nitrogen and oxygen atoms in total. The lowest BCUT2D eigenvalue weighted by Crippen LogP contribution is -2.42. The number of hydrogen-bond donors (Lipinski definition) is 2. The fourth-order valence-corrected chi connectivity index (χ4v) is 2.70. The molecule has 0 aromatic heterocycles. The summed E-state index contributed by atoms with van der Waals surface area (Å²) in [7, 11) is 4.19. The Balaban J connectivity index is 2.55. The predicted octanol–water partition coefficient (Wildman–Crippen LogP) is 2.99. The molecule has 0 amide bonds. The van der Waals surface area contributed by atoms with Gasteiger partial charge in [-0.1, -0.05) is 26.7 Å². The van der Waals surface area contributed by atoms with E-state index >= 15 is 0 Å². The van der Waals surface area contributed by atoms with Crippen LogP contribution in [0.3, 0.4) is 0 Å². The van der Waals surface area contributed by atoms with Gasteiger partial charge in [0.15, 0.2) is 0 Å². The maximum Gasteiger partial charge on any atom is 0.127 e. The lowest BCUT2D eigenvalue weighted by molar-refractivity contribution is 0.194. The summed E-state index contributed by atoms with van der Waals surface area (Å²) in [6.07, 6.45) is 2.31. The average Bonchev–Trinajstić information content (AvgIpc) is 2.36. The van der Waals surface area contributed by atoms with Gasteiger partial charge in [0.1, 0.15) is 11.6 Å². The molecule has 0 saturated carbocycles. The number of benzene rings is 1. The quantitative estimate of drug-likeness (QED) is 0.769. The first-order valence-corrected chi connectivity index (χ1v) is 7.33. The van der Waals surface area contributed by atoms with Crippen LogP contribution in [0.1, 0.15) is 32.3 Å². The van der Waals surface area contributed by atoms with Crippen LogP contribution in [-0.2, 0) is 6.54 Å². The first kappa shape index (κ1) is 16.9. The maximum absolute atomic E-state index is 13.2. The highest BCUT2D eigenvalue weighted by molar-refractivity contribution is 5.28. The smallest absolute Gasteiger partial charge is 0.127 e. The van der Waals surface area contributed by atoms with Crippen LogP contribution in [-0.4, -0.2) is 36.7 Å². The van der Waals surface area contributed by atoms with Gasteiger partial charge in [-0.05, 0) is 37.7 Å². The van der Waals surface area contributed by atoms with Gasteiger partial charge in [-0.15, -0.1) is 0 Å². The Labute approximate surface area is 121 Å². The summed E-state index contributed by atoms with van der Waals surface area (Å²) in [6.45, 7) is 5.86. The zero-order valence-electron chi connectivity index (χ0n) is 13.0. The van der Waals surface area contributed by atoms with Crippen LogP contribution < -0.4 is 5.32 Å². The van der Waals surface area contributed by atoms with Gasteiger partial charge in [-0.25, -0.2) is 4.39 Å². The molecule has 4 heteroatoms. The average molecular weight is 282 g/mol. The second-order valence-electron chi connectivity index (χ2n) is 5.56. The van der Waals surface area contributed by atoms with E-state index < -0.39 is 5.82 Å². The summed E-state index contributed by atoms with van der Waals surface area (Å²) in [6, 6.07) is 4.63. The lowest BCUT2D eigenvalue weighted by atomic mass is 9.93. The van der Waals surface area contributed by atoms with Crippen LogP contribution in [0, 0.1) is 11.7 Å². The number of likely N-dealkylation sites (N-methyl/N-ethyl adjacent to an activating group) is 1. The second kappa shape index (κ2) is 8.22. The van der Waals surface area contributed by atoms with Crippen molar-refractivity contribution >= 4 is 0 Å². The third-order valence-corrected chi connectivity index (χ3v) is 3.88. The Morgan fingerprint density at radius 2 is 1.85 bits per heavy atom. The molecule has 0 radical (unpaired) electrons. The lowest BCUT2D eigenvalue weighted by Gasteiger charge is -2.31. The topological polar surface area (TPSA) is 35.5 Å². The summed E-state index contributed by atoms with van der Waals surface area (Å²) >= 11 is 0. The van der Waals surface area contributed by atoms with Crippen molar-refractivity contribution in [1.82, 2.24) is 10.2 Å². The van der Waals surface area contributed by atoms with Crippen molar-refractivity contribution in [2.75, 3.05) is 20.6 Å². The summed E-state index contributed by atoms with van der Waals surface area (Å²) in [5.74, 6) is 0.232. The van der Waals surface area contributed by atoms with E-state index in [9.17, 15) is 9.50 Å². The van der Waals surface area contributed by atoms with Gasteiger partial charge in [-0.2, -0.15) is 0 Å². The van der Waals surface area contributed by atoms with Crippen molar-refractivity contribution in [3.63, 3.8) is 0 Å². The largest absolute Gasteiger partial charge is 0.508 e. The van der Waals surface area contributed by atoms with Crippen LogP contribution in [0.4, 0.5) is 4.39 Å². The van der Waals surface area contributed by atoms with Crippen molar-refractivity contribution in [2.24, 2.45) is 5.92 Å². The zero-order chi connectivity index (χ0) is 15.1. The third kappa shape index (κ3) is 5.10. The van der Waals surface area contributed by atoms with Crippen LogP contribution in [0.2, 0.25) is 0 Å². The number of phenolic OH excluding ortho intramolecular Hbond substituents is 1. The third-order valence-electron chi connectivity index (χ3n) is 3.88. The van der Waals surface area contributed by atoms with E-state index in [1.807, 2.05) is 0 Å². The van der Waals surface area contributed by atoms with Crippen molar-refractivity contribution in [3.8, 4) is 5.75 Å². The summed E-state index contributed by atoms with van der Waals surface area (Å²) in [4.78, 5) is 2.24. The van der Waals surface area contributed by atoms with Crippen LogP contribution in [0.15, 0.2) is 18.2 Å². The van der Waals surface area contributed by atoms with E-state index in [0.29, 0.717) is 18.5 Å². The van der Waals surface area contributed by atoms with Gasteiger partial charge >= 0.3 is 0 Å². The van der Waals surface area contributed by atoms with Gasteiger partial charge in [0.05, 0.1) is 0 Å². The van der Waals surface area contributed by atoms with E-state index in [4.69, 9.17) is 0 Å². The van der Waals surface area contributed by atoms with Crippen molar-refractivity contribution < 1.29 is 9.50 Å². The van der Waals surface area contributed by atoms with Crippen LogP contribution >= 0.6 is 0 Å². The minimum Gasteiger partial charge on any atom is -0.508 e. The molecule has 2 N–H and O–H groups in total. The number of nitrogens with one attached hydrogen (secondary N) is 1. The molecule has 0 fully saturated rings. The minimum absolute atomic E-state index is 0.0223. The molecule has 0 heterocycles. The number of hydrogen-bond acceptors (Lipinski definition) is 3. The molecular weight excluding hydrogens is 255 g/mol. The molecule has 0 aliphatic rings. The minimum atomic E-state index is -0.397.